The van der Waals surface area contributed by atoms with E-state index in [9.17, 15) is 9.50 Å². The van der Waals surface area contributed by atoms with Crippen LogP contribution in [0.4, 0.5) is 10.2 Å². The molecule has 0 aliphatic carbocycles. The second-order valence-electron chi connectivity index (χ2n) is 7.00. The molecule has 8 nitrogen and oxygen atoms in total. The van der Waals surface area contributed by atoms with Crippen LogP contribution in [0.2, 0.25) is 5.02 Å². The van der Waals surface area contributed by atoms with E-state index in [1.807, 2.05) is 0 Å². The third kappa shape index (κ3) is 3.51. The van der Waals surface area contributed by atoms with E-state index in [0.717, 1.165) is 0 Å². The lowest BCUT2D eigenvalue weighted by atomic mass is 10.1. The first-order valence-corrected chi connectivity index (χ1v) is 9.58. The van der Waals surface area contributed by atoms with Crippen molar-refractivity contribution in [3.8, 4) is 6.01 Å². The van der Waals surface area contributed by atoms with E-state index in [2.05, 4.69) is 20.3 Å². The number of fused-ring (bicyclic) bond motifs is 2. The number of aromatic amines is 1. The van der Waals surface area contributed by atoms with Gasteiger partial charge < -0.3 is 29.6 Å². The highest BCUT2D eigenvalue weighted by Gasteiger charge is 2.48. The van der Waals surface area contributed by atoms with E-state index in [4.69, 9.17) is 25.8 Å². The van der Waals surface area contributed by atoms with Crippen molar-refractivity contribution >= 4 is 28.6 Å². The van der Waals surface area contributed by atoms with Gasteiger partial charge in [0.2, 0.25) is 0 Å². The van der Waals surface area contributed by atoms with Crippen LogP contribution < -0.4 is 10.1 Å². The van der Waals surface area contributed by atoms with E-state index < -0.39 is 6.10 Å². The minimum Gasteiger partial charge on any atom is -0.456 e. The van der Waals surface area contributed by atoms with Crippen molar-refractivity contribution < 1.29 is 23.7 Å². The van der Waals surface area contributed by atoms with Crippen molar-refractivity contribution in [3.05, 3.63) is 46.7 Å². The highest BCUT2D eigenvalue weighted by molar-refractivity contribution is 6.33. The number of hydrogen-bond donors (Lipinski definition) is 3. The summed E-state index contributed by atoms with van der Waals surface area (Å²) in [5, 5.41) is 13.2. The Bertz CT molecular complexity index is 1050. The maximum absolute atomic E-state index is 13.8. The molecule has 4 heterocycles. The predicted octanol–water partition coefficient (Wildman–Crippen LogP) is 2.27. The van der Waals surface area contributed by atoms with E-state index in [0.29, 0.717) is 34.2 Å². The molecule has 1 aromatic carbocycles. The molecule has 3 N–H and O–H groups in total. The Morgan fingerprint density at radius 2 is 2.07 bits per heavy atom. The van der Waals surface area contributed by atoms with Crippen LogP contribution in [0.15, 0.2) is 30.3 Å². The second-order valence-corrected chi connectivity index (χ2v) is 7.40. The van der Waals surface area contributed by atoms with Gasteiger partial charge in [0.1, 0.15) is 29.9 Å². The SMILES string of the molecule is O[C@@H]1CO[C@H]2[C@@H]1OC[C@H]2Oc1nc2nc(NCc3ccccc3F)c(Cl)cc2[nH]1. The van der Waals surface area contributed by atoms with Crippen molar-refractivity contribution in [3.63, 3.8) is 0 Å². The Labute approximate surface area is 170 Å². The summed E-state index contributed by atoms with van der Waals surface area (Å²) in [6.07, 6.45) is -1.75. The lowest BCUT2D eigenvalue weighted by Crippen LogP contribution is -2.34. The molecular weight excluding hydrogens is 403 g/mol. The molecule has 0 spiro atoms. The third-order valence-electron chi connectivity index (χ3n) is 5.05. The number of rotatable bonds is 5. The van der Waals surface area contributed by atoms with Gasteiger partial charge in [-0.15, -0.1) is 0 Å². The number of aromatic nitrogens is 3. The van der Waals surface area contributed by atoms with Crippen LogP contribution in [-0.2, 0) is 16.0 Å². The fraction of sp³-hybridized carbons (Fsp3) is 0.368. The predicted molar refractivity (Wildman–Crippen MR) is 103 cm³/mol. The minimum atomic E-state index is -0.646. The number of anilines is 1. The van der Waals surface area contributed by atoms with Crippen molar-refractivity contribution in [1.29, 1.82) is 0 Å². The number of imidazole rings is 1. The quantitative estimate of drug-likeness (QED) is 0.582. The first-order valence-electron chi connectivity index (χ1n) is 9.20. The molecule has 3 aromatic rings. The fourth-order valence-corrected chi connectivity index (χ4v) is 3.80. The van der Waals surface area contributed by atoms with Crippen LogP contribution in [-0.4, -0.2) is 57.7 Å². The Morgan fingerprint density at radius 3 is 2.93 bits per heavy atom. The standard InChI is InChI=1S/C19H18ClFN4O4/c20-10-5-12-18(24-17(10)22-6-9-3-1-2-4-11(9)21)25-19(23-12)29-14-8-28-15-13(26)7-27-16(14)15/h1-5,13-16,26H,6-8H2,(H2,22,23,24,25)/t13-,14-,15-,16-/m1/s1. The van der Waals surface area contributed by atoms with Gasteiger partial charge in [0.15, 0.2) is 11.8 Å². The summed E-state index contributed by atoms with van der Waals surface area (Å²) in [5.41, 5.74) is 1.51. The minimum absolute atomic E-state index is 0.226. The van der Waals surface area contributed by atoms with Gasteiger partial charge in [0.25, 0.3) is 6.01 Å². The molecule has 2 saturated heterocycles. The molecule has 152 valence electrons. The van der Waals surface area contributed by atoms with Crippen LogP contribution in [0.25, 0.3) is 11.2 Å². The molecule has 29 heavy (non-hydrogen) atoms. The van der Waals surface area contributed by atoms with E-state index in [1.54, 1.807) is 24.3 Å². The summed E-state index contributed by atoms with van der Waals surface area (Å²) in [4.78, 5) is 11.8. The molecular formula is C19H18ClFN4O4. The van der Waals surface area contributed by atoms with Gasteiger partial charge in [0, 0.05) is 12.1 Å². The van der Waals surface area contributed by atoms with Gasteiger partial charge in [-0.1, -0.05) is 29.8 Å². The maximum atomic E-state index is 13.8. The van der Waals surface area contributed by atoms with Gasteiger partial charge in [-0.3, -0.25) is 0 Å². The van der Waals surface area contributed by atoms with Gasteiger partial charge in [0.05, 0.1) is 23.8 Å². The number of halogens is 2. The first-order chi connectivity index (χ1) is 14.1. The number of aliphatic hydroxyl groups is 1. The zero-order chi connectivity index (χ0) is 20.0. The highest BCUT2D eigenvalue weighted by atomic mass is 35.5. The molecule has 5 rings (SSSR count). The zero-order valence-corrected chi connectivity index (χ0v) is 15.9. The Kier molecular flexibility index (Phi) is 4.75. The first kappa shape index (κ1) is 18.6. The van der Waals surface area contributed by atoms with Gasteiger partial charge in [-0.2, -0.15) is 4.98 Å². The van der Waals surface area contributed by atoms with E-state index in [-0.39, 0.29) is 43.3 Å². The monoisotopic (exact) mass is 420 g/mol. The summed E-state index contributed by atoms with van der Waals surface area (Å²) in [6, 6.07) is 8.42. The molecule has 0 bridgehead atoms. The second kappa shape index (κ2) is 7.42. The average molecular weight is 421 g/mol. The summed E-state index contributed by atoms with van der Waals surface area (Å²) in [5.74, 6) is 0.0935. The molecule has 2 aliphatic heterocycles. The topological polar surface area (TPSA) is 102 Å². The molecule has 0 saturated carbocycles. The molecule has 2 aliphatic rings. The molecule has 2 aromatic heterocycles. The van der Waals surface area contributed by atoms with Crippen LogP contribution in [0.1, 0.15) is 5.56 Å². The number of nitrogens with one attached hydrogen (secondary N) is 2. The van der Waals surface area contributed by atoms with Gasteiger partial charge in [-0.25, -0.2) is 9.37 Å². The number of hydrogen-bond acceptors (Lipinski definition) is 7. The van der Waals surface area contributed by atoms with Crippen molar-refractivity contribution in [2.24, 2.45) is 0 Å². The maximum Gasteiger partial charge on any atom is 0.296 e. The van der Waals surface area contributed by atoms with Crippen LogP contribution in [0.3, 0.4) is 0 Å². The smallest absolute Gasteiger partial charge is 0.296 e. The van der Waals surface area contributed by atoms with Gasteiger partial charge >= 0.3 is 0 Å². The van der Waals surface area contributed by atoms with Crippen molar-refractivity contribution in [2.75, 3.05) is 18.5 Å². The summed E-state index contributed by atoms with van der Waals surface area (Å²) >= 11 is 6.30. The Balaban J connectivity index is 1.32. The van der Waals surface area contributed by atoms with Gasteiger partial charge in [-0.05, 0) is 12.1 Å². The molecule has 0 amide bonds. The summed E-state index contributed by atoms with van der Waals surface area (Å²) in [7, 11) is 0. The van der Waals surface area contributed by atoms with Crippen LogP contribution in [0.5, 0.6) is 6.01 Å². The van der Waals surface area contributed by atoms with Crippen molar-refractivity contribution in [1.82, 2.24) is 15.0 Å². The zero-order valence-electron chi connectivity index (χ0n) is 15.1. The Hall–Kier alpha value is -2.46. The van der Waals surface area contributed by atoms with Crippen LogP contribution in [0, 0.1) is 5.82 Å². The van der Waals surface area contributed by atoms with E-state index in [1.165, 1.54) is 6.07 Å². The van der Waals surface area contributed by atoms with Crippen LogP contribution >= 0.6 is 11.6 Å². The number of H-pyrrole nitrogens is 1. The lowest BCUT2D eigenvalue weighted by molar-refractivity contribution is 0.00706. The number of aliphatic hydroxyl groups excluding tert-OH is 1. The molecule has 0 unspecified atom stereocenters. The molecule has 10 heteroatoms. The van der Waals surface area contributed by atoms with E-state index >= 15 is 0 Å². The average Bonchev–Trinajstić information content (AvgIpc) is 3.38. The molecule has 4 atom stereocenters. The van der Waals surface area contributed by atoms with Crippen molar-refractivity contribution in [2.45, 2.75) is 31.0 Å². The lowest BCUT2D eigenvalue weighted by Gasteiger charge is -2.15. The third-order valence-corrected chi connectivity index (χ3v) is 5.34. The largest absolute Gasteiger partial charge is 0.456 e. The number of ether oxygens (including phenoxy) is 3. The summed E-state index contributed by atoms with van der Waals surface area (Å²) < 4.78 is 30.8. The number of pyridine rings is 1. The summed E-state index contributed by atoms with van der Waals surface area (Å²) in [6.45, 7) is 0.761. The fourth-order valence-electron chi connectivity index (χ4n) is 3.58. The number of benzene rings is 1. The number of nitrogens with zero attached hydrogens (tertiary/aromatic N) is 2. The molecule has 0 radical (unpaired) electrons. The highest BCUT2D eigenvalue weighted by Crippen LogP contribution is 2.30. The normalized spacial score (nSPS) is 26.0. The Morgan fingerprint density at radius 1 is 1.24 bits per heavy atom. The molecule has 2 fully saturated rings.